The molecule has 1 amide bonds. The van der Waals surface area contributed by atoms with E-state index >= 15 is 0 Å². The van der Waals surface area contributed by atoms with Crippen LogP contribution < -0.4 is 10.6 Å². The van der Waals surface area contributed by atoms with Gasteiger partial charge in [0, 0.05) is 25.4 Å². The summed E-state index contributed by atoms with van der Waals surface area (Å²) in [5.41, 5.74) is 0.843. The first-order valence-corrected chi connectivity index (χ1v) is 6.99. The summed E-state index contributed by atoms with van der Waals surface area (Å²) >= 11 is 0. The van der Waals surface area contributed by atoms with Gasteiger partial charge in [-0.2, -0.15) is 13.2 Å². The summed E-state index contributed by atoms with van der Waals surface area (Å²) in [4.78, 5) is 14.7. The van der Waals surface area contributed by atoms with E-state index in [0.717, 1.165) is 11.6 Å². The van der Waals surface area contributed by atoms with Gasteiger partial charge in [-0.15, -0.1) is 0 Å². The van der Waals surface area contributed by atoms with E-state index in [1.807, 2.05) is 12.1 Å². The molecule has 0 atom stereocenters. The van der Waals surface area contributed by atoms with E-state index in [1.165, 1.54) is 19.2 Å². The second-order valence-electron chi connectivity index (χ2n) is 4.95. The third-order valence-electron chi connectivity index (χ3n) is 3.09. The summed E-state index contributed by atoms with van der Waals surface area (Å²) in [6.07, 6.45) is -2.58. The van der Waals surface area contributed by atoms with Crippen LogP contribution >= 0.6 is 0 Å². The topological polar surface area (TPSA) is 54.0 Å². The summed E-state index contributed by atoms with van der Waals surface area (Å²) in [6, 6.07) is 9.38. The number of carbonyl (C=O) groups excluding carboxylic acids is 1. The minimum atomic E-state index is -4.43. The third kappa shape index (κ3) is 4.98. The van der Waals surface area contributed by atoms with Crippen molar-refractivity contribution in [1.29, 1.82) is 0 Å². The van der Waals surface area contributed by atoms with Crippen LogP contribution in [0.25, 0.3) is 0 Å². The molecule has 0 bridgehead atoms. The SMILES string of the molecule is CC(=O)Nc1ccc(CCNc2ncccc2C(F)(F)F)cc1. The fraction of sp³-hybridized carbons (Fsp3) is 0.250. The molecule has 0 aliphatic heterocycles. The van der Waals surface area contributed by atoms with Crippen LogP contribution in [0.3, 0.4) is 0 Å². The third-order valence-corrected chi connectivity index (χ3v) is 3.09. The van der Waals surface area contributed by atoms with Gasteiger partial charge in [-0.25, -0.2) is 4.98 Å². The number of pyridine rings is 1. The lowest BCUT2D eigenvalue weighted by atomic mass is 10.1. The zero-order valence-electron chi connectivity index (χ0n) is 12.4. The Morgan fingerprint density at radius 2 is 1.87 bits per heavy atom. The molecule has 1 aromatic carbocycles. The molecule has 122 valence electrons. The first-order chi connectivity index (χ1) is 10.9. The number of nitrogens with one attached hydrogen (secondary N) is 2. The first kappa shape index (κ1) is 16.8. The minimum absolute atomic E-state index is 0.158. The molecule has 0 aliphatic rings. The van der Waals surface area contributed by atoms with E-state index in [9.17, 15) is 18.0 Å². The number of carbonyl (C=O) groups is 1. The summed E-state index contributed by atoms with van der Waals surface area (Å²) in [6.45, 7) is 1.74. The highest BCUT2D eigenvalue weighted by molar-refractivity contribution is 5.88. The fourth-order valence-electron chi connectivity index (χ4n) is 2.06. The summed E-state index contributed by atoms with van der Waals surface area (Å²) < 4.78 is 38.5. The largest absolute Gasteiger partial charge is 0.419 e. The molecule has 0 fully saturated rings. The predicted molar refractivity (Wildman–Crippen MR) is 82.2 cm³/mol. The molecule has 7 heteroatoms. The molecular weight excluding hydrogens is 307 g/mol. The number of amides is 1. The minimum Gasteiger partial charge on any atom is -0.369 e. The summed E-state index contributed by atoms with van der Waals surface area (Å²) in [7, 11) is 0. The molecule has 0 radical (unpaired) electrons. The summed E-state index contributed by atoms with van der Waals surface area (Å²) in [5, 5.41) is 5.36. The van der Waals surface area contributed by atoms with Crippen LogP contribution in [0, 0.1) is 0 Å². The molecule has 23 heavy (non-hydrogen) atoms. The lowest BCUT2D eigenvalue weighted by Gasteiger charge is -2.13. The van der Waals surface area contributed by atoms with E-state index in [4.69, 9.17) is 0 Å². The number of hydrogen-bond acceptors (Lipinski definition) is 3. The number of benzene rings is 1. The maximum Gasteiger partial charge on any atom is 0.419 e. The Morgan fingerprint density at radius 1 is 1.17 bits per heavy atom. The Hall–Kier alpha value is -2.57. The number of hydrogen-bond donors (Lipinski definition) is 2. The first-order valence-electron chi connectivity index (χ1n) is 6.99. The molecule has 0 saturated carbocycles. The molecule has 2 rings (SSSR count). The lowest BCUT2D eigenvalue weighted by molar-refractivity contribution is -0.137. The second kappa shape index (κ2) is 7.13. The molecule has 2 N–H and O–H groups in total. The average molecular weight is 323 g/mol. The Bertz CT molecular complexity index is 669. The highest BCUT2D eigenvalue weighted by atomic mass is 19.4. The van der Waals surface area contributed by atoms with Gasteiger partial charge in [0.25, 0.3) is 0 Å². The normalized spacial score (nSPS) is 11.1. The number of anilines is 2. The zero-order valence-corrected chi connectivity index (χ0v) is 12.4. The van der Waals surface area contributed by atoms with Gasteiger partial charge in [0.2, 0.25) is 5.91 Å². The molecule has 1 aromatic heterocycles. The van der Waals surface area contributed by atoms with E-state index in [-0.39, 0.29) is 11.7 Å². The predicted octanol–water partition coefficient (Wildman–Crippen LogP) is 3.71. The molecule has 0 spiro atoms. The van der Waals surface area contributed by atoms with Crippen molar-refractivity contribution in [3.8, 4) is 0 Å². The van der Waals surface area contributed by atoms with E-state index in [1.54, 1.807) is 12.1 Å². The number of aromatic nitrogens is 1. The Labute approximate surface area is 131 Å². The maximum atomic E-state index is 12.8. The quantitative estimate of drug-likeness (QED) is 0.882. The van der Waals surface area contributed by atoms with Crippen molar-refractivity contribution in [3.05, 3.63) is 53.7 Å². The van der Waals surface area contributed by atoms with E-state index in [0.29, 0.717) is 18.7 Å². The Balaban J connectivity index is 1.94. The van der Waals surface area contributed by atoms with Crippen LogP contribution in [0.2, 0.25) is 0 Å². The van der Waals surface area contributed by atoms with Crippen LogP contribution in [0.15, 0.2) is 42.6 Å². The molecule has 0 aliphatic carbocycles. The van der Waals surface area contributed by atoms with Crippen molar-refractivity contribution < 1.29 is 18.0 Å². The number of halogens is 3. The monoisotopic (exact) mass is 323 g/mol. The molecular formula is C16H16F3N3O. The van der Waals surface area contributed by atoms with Crippen LogP contribution in [0.4, 0.5) is 24.7 Å². The van der Waals surface area contributed by atoms with Crippen molar-refractivity contribution in [3.63, 3.8) is 0 Å². The van der Waals surface area contributed by atoms with Crippen molar-refractivity contribution >= 4 is 17.4 Å². The van der Waals surface area contributed by atoms with E-state index in [2.05, 4.69) is 15.6 Å². The van der Waals surface area contributed by atoms with Crippen LogP contribution in [-0.4, -0.2) is 17.4 Å². The second-order valence-corrected chi connectivity index (χ2v) is 4.95. The van der Waals surface area contributed by atoms with Crippen LogP contribution in [0.1, 0.15) is 18.1 Å². The van der Waals surface area contributed by atoms with Gasteiger partial charge in [0.15, 0.2) is 0 Å². The van der Waals surface area contributed by atoms with E-state index < -0.39 is 11.7 Å². The lowest BCUT2D eigenvalue weighted by Crippen LogP contribution is -2.14. The number of nitrogens with zero attached hydrogens (tertiary/aromatic N) is 1. The van der Waals surface area contributed by atoms with Gasteiger partial charge in [-0.3, -0.25) is 4.79 Å². The molecule has 0 unspecified atom stereocenters. The van der Waals surface area contributed by atoms with Gasteiger partial charge >= 0.3 is 6.18 Å². The highest BCUT2D eigenvalue weighted by Gasteiger charge is 2.33. The van der Waals surface area contributed by atoms with Gasteiger partial charge in [0.05, 0.1) is 5.56 Å². The van der Waals surface area contributed by atoms with Crippen molar-refractivity contribution in [2.45, 2.75) is 19.5 Å². The number of rotatable bonds is 5. The van der Waals surface area contributed by atoms with Crippen LogP contribution in [-0.2, 0) is 17.4 Å². The van der Waals surface area contributed by atoms with Gasteiger partial charge in [0.1, 0.15) is 5.82 Å². The smallest absolute Gasteiger partial charge is 0.369 e. The van der Waals surface area contributed by atoms with Gasteiger partial charge < -0.3 is 10.6 Å². The average Bonchev–Trinajstić information content (AvgIpc) is 2.48. The Morgan fingerprint density at radius 3 is 2.48 bits per heavy atom. The molecule has 2 aromatic rings. The molecule has 0 saturated heterocycles. The van der Waals surface area contributed by atoms with Crippen molar-refractivity contribution in [2.24, 2.45) is 0 Å². The number of alkyl halides is 3. The molecule has 1 heterocycles. The van der Waals surface area contributed by atoms with Gasteiger partial charge in [-0.05, 0) is 36.2 Å². The maximum absolute atomic E-state index is 12.8. The standard InChI is InChI=1S/C16H16F3N3O/c1-11(23)22-13-6-4-12(5-7-13)8-10-21-15-14(16(17,18)19)3-2-9-20-15/h2-7,9H,8,10H2,1H3,(H,20,21)(H,22,23). The van der Waals surface area contributed by atoms with Crippen LogP contribution in [0.5, 0.6) is 0 Å². The summed E-state index contributed by atoms with van der Waals surface area (Å²) in [5.74, 6) is -0.330. The fourth-order valence-corrected chi connectivity index (χ4v) is 2.06. The van der Waals surface area contributed by atoms with Crippen molar-refractivity contribution in [2.75, 3.05) is 17.2 Å². The molecule has 4 nitrogen and oxygen atoms in total. The van der Waals surface area contributed by atoms with Gasteiger partial charge in [-0.1, -0.05) is 12.1 Å². The zero-order chi connectivity index (χ0) is 16.9. The Kier molecular flexibility index (Phi) is 5.20. The highest BCUT2D eigenvalue weighted by Crippen LogP contribution is 2.33. The van der Waals surface area contributed by atoms with Crippen molar-refractivity contribution in [1.82, 2.24) is 4.98 Å².